The summed E-state index contributed by atoms with van der Waals surface area (Å²) in [5, 5.41) is 9.74. The monoisotopic (exact) mass is 276 g/mol. The van der Waals surface area contributed by atoms with Crippen molar-refractivity contribution in [1.82, 2.24) is 0 Å². The fourth-order valence-corrected chi connectivity index (χ4v) is 1.75. The number of methoxy groups -OCH3 is 4. The van der Waals surface area contributed by atoms with Gasteiger partial charge in [-0.3, -0.25) is 0 Å². The van der Waals surface area contributed by atoms with Crippen LogP contribution in [0.2, 0.25) is 5.02 Å². The molecule has 0 fully saturated rings. The van der Waals surface area contributed by atoms with E-state index in [0.717, 1.165) is 0 Å². The Bertz CT molecular complexity index is 471. The Morgan fingerprint density at radius 2 is 1.50 bits per heavy atom. The van der Waals surface area contributed by atoms with Crippen LogP contribution in [0.3, 0.4) is 0 Å². The van der Waals surface area contributed by atoms with Gasteiger partial charge in [0.05, 0.1) is 28.4 Å². The van der Waals surface area contributed by atoms with Gasteiger partial charge in [0.15, 0.2) is 17.2 Å². The lowest BCUT2D eigenvalue weighted by Crippen LogP contribution is -2.07. The summed E-state index contributed by atoms with van der Waals surface area (Å²) in [5.41, 5.74) is -0.220. The minimum atomic E-state index is -0.799. The lowest BCUT2D eigenvalue weighted by atomic mass is 10.1. The van der Waals surface area contributed by atoms with Crippen molar-refractivity contribution in [2.24, 2.45) is 0 Å². The molecule has 18 heavy (non-hydrogen) atoms. The molecule has 0 amide bonds. The summed E-state index contributed by atoms with van der Waals surface area (Å²) in [4.78, 5) is 11.6. The highest BCUT2D eigenvalue weighted by Crippen LogP contribution is 2.50. The molecule has 0 saturated heterocycles. The molecular formula is C11H13ClO6. The van der Waals surface area contributed by atoms with Crippen molar-refractivity contribution in [1.29, 1.82) is 0 Å². The van der Waals surface area contributed by atoms with Crippen LogP contribution in [0.25, 0.3) is 0 Å². The van der Waals surface area contributed by atoms with Crippen LogP contribution in [0.15, 0.2) is 0 Å². The standard InChI is InChI=1S/C11H13ClO6/c1-15-8-5(11(14)18-4)7(13)6(12)9(16-2)10(8)17-3/h13H,1-4H3. The molecule has 0 bridgehead atoms. The summed E-state index contributed by atoms with van der Waals surface area (Å²) in [6.45, 7) is 0. The second-order valence-corrected chi connectivity index (χ2v) is 3.51. The number of phenolic OH excluding ortho intramolecular Hbond substituents is 1. The zero-order valence-corrected chi connectivity index (χ0v) is 11.1. The van der Waals surface area contributed by atoms with Gasteiger partial charge < -0.3 is 24.1 Å². The lowest BCUT2D eigenvalue weighted by molar-refractivity contribution is 0.0592. The molecule has 0 radical (unpaired) electrons. The molecular weight excluding hydrogens is 264 g/mol. The molecule has 6 nitrogen and oxygen atoms in total. The zero-order valence-electron chi connectivity index (χ0n) is 10.4. The number of halogens is 1. The lowest BCUT2D eigenvalue weighted by Gasteiger charge is -2.17. The van der Waals surface area contributed by atoms with Crippen LogP contribution in [0.4, 0.5) is 0 Å². The molecule has 0 aliphatic rings. The minimum Gasteiger partial charge on any atom is -0.505 e. The maximum Gasteiger partial charge on any atom is 0.345 e. The third-order valence-corrected chi connectivity index (χ3v) is 2.64. The highest BCUT2D eigenvalue weighted by molar-refractivity contribution is 6.34. The van der Waals surface area contributed by atoms with E-state index in [1.165, 1.54) is 28.4 Å². The molecule has 1 N–H and O–H groups in total. The van der Waals surface area contributed by atoms with Crippen molar-refractivity contribution in [3.05, 3.63) is 10.6 Å². The van der Waals surface area contributed by atoms with Crippen LogP contribution in [-0.2, 0) is 4.74 Å². The van der Waals surface area contributed by atoms with Gasteiger partial charge in [0.2, 0.25) is 5.75 Å². The van der Waals surface area contributed by atoms with E-state index in [1.807, 2.05) is 0 Å². The van der Waals surface area contributed by atoms with Crippen LogP contribution in [0.5, 0.6) is 23.0 Å². The average molecular weight is 277 g/mol. The molecule has 0 heterocycles. The summed E-state index contributed by atoms with van der Waals surface area (Å²) in [5.74, 6) is -1.13. The number of benzene rings is 1. The predicted molar refractivity (Wildman–Crippen MR) is 64.1 cm³/mol. The number of hydrogen-bond acceptors (Lipinski definition) is 6. The van der Waals surface area contributed by atoms with Crippen molar-refractivity contribution in [3.8, 4) is 23.0 Å². The number of ether oxygens (including phenoxy) is 4. The molecule has 1 rings (SSSR count). The second-order valence-electron chi connectivity index (χ2n) is 3.13. The van der Waals surface area contributed by atoms with Gasteiger partial charge in [0, 0.05) is 0 Å². The molecule has 0 aliphatic carbocycles. The maximum absolute atomic E-state index is 11.6. The van der Waals surface area contributed by atoms with Crippen LogP contribution in [-0.4, -0.2) is 39.5 Å². The van der Waals surface area contributed by atoms with Crippen molar-refractivity contribution < 1.29 is 28.8 Å². The fraction of sp³-hybridized carbons (Fsp3) is 0.364. The Hall–Kier alpha value is -1.82. The van der Waals surface area contributed by atoms with Gasteiger partial charge in [-0.2, -0.15) is 0 Å². The van der Waals surface area contributed by atoms with E-state index in [1.54, 1.807) is 0 Å². The van der Waals surface area contributed by atoms with Crippen molar-refractivity contribution in [3.63, 3.8) is 0 Å². The number of rotatable bonds is 4. The molecule has 100 valence electrons. The van der Waals surface area contributed by atoms with Gasteiger partial charge >= 0.3 is 5.97 Å². The molecule has 1 aromatic rings. The van der Waals surface area contributed by atoms with E-state index in [0.29, 0.717) is 0 Å². The number of phenols is 1. The van der Waals surface area contributed by atoms with Gasteiger partial charge in [-0.15, -0.1) is 0 Å². The number of aromatic hydroxyl groups is 1. The van der Waals surface area contributed by atoms with Crippen LogP contribution in [0.1, 0.15) is 10.4 Å². The Balaban J connectivity index is 3.71. The number of esters is 1. The summed E-state index contributed by atoms with van der Waals surface area (Å²) >= 11 is 5.89. The van der Waals surface area contributed by atoms with Gasteiger partial charge in [0.25, 0.3) is 0 Å². The third kappa shape index (κ3) is 2.11. The first-order valence-corrected chi connectivity index (χ1v) is 5.19. The molecule has 0 unspecified atom stereocenters. The van der Waals surface area contributed by atoms with Gasteiger partial charge in [-0.1, -0.05) is 11.6 Å². The Morgan fingerprint density at radius 3 is 1.89 bits per heavy atom. The van der Waals surface area contributed by atoms with E-state index in [2.05, 4.69) is 4.74 Å². The summed E-state index contributed by atoms with van der Waals surface area (Å²) in [7, 11) is 5.19. The van der Waals surface area contributed by atoms with E-state index in [9.17, 15) is 9.90 Å². The highest BCUT2D eigenvalue weighted by Gasteiger charge is 2.30. The summed E-state index contributed by atoms with van der Waals surface area (Å²) in [6, 6.07) is 0. The zero-order chi connectivity index (χ0) is 13.9. The normalized spacial score (nSPS) is 9.83. The highest BCUT2D eigenvalue weighted by atomic mass is 35.5. The topological polar surface area (TPSA) is 74.2 Å². The van der Waals surface area contributed by atoms with Gasteiger partial charge in [-0.25, -0.2) is 4.79 Å². The molecule has 0 saturated carbocycles. The van der Waals surface area contributed by atoms with Crippen molar-refractivity contribution >= 4 is 17.6 Å². The second kappa shape index (κ2) is 5.68. The molecule has 1 aromatic carbocycles. The predicted octanol–water partition coefficient (Wildman–Crippen LogP) is 1.86. The number of carbonyl (C=O) groups excluding carboxylic acids is 1. The minimum absolute atomic E-state index is 0.0110. The SMILES string of the molecule is COC(=O)c1c(O)c(Cl)c(OC)c(OC)c1OC. The number of hydrogen-bond donors (Lipinski definition) is 1. The largest absolute Gasteiger partial charge is 0.505 e. The first-order valence-electron chi connectivity index (χ1n) is 4.82. The third-order valence-electron chi connectivity index (χ3n) is 2.29. The van der Waals surface area contributed by atoms with E-state index < -0.39 is 11.7 Å². The Morgan fingerprint density at radius 1 is 1.00 bits per heavy atom. The van der Waals surface area contributed by atoms with Crippen molar-refractivity contribution in [2.45, 2.75) is 0 Å². The Kier molecular flexibility index (Phi) is 4.49. The molecule has 0 aromatic heterocycles. The molecule has 0 atom stereocenters. The summed E-state index contributed by atoms with van der Waals surface area (Å²) in [6.07, 6.45) is 0. The smallest absolute Gasteiger partial charge is 0.345 e. The van der Waals surface area contributed by atoms with Gasteiger partial charge in [-0.05, 0) is 0 Å². The van der Waals surface area contributed by atoms with E-state index in [4.69, 9.17) is 25.8 Å². The summed E-state index contributed by atoms with van der Waals surface area (Å²) < 4.78 is 19.7. The van der Waals surface area contributed by atoms with E-state index in [-0.39, 0.29) is 27.8 Å². The Labute approximate surface area is 109 Å². The quantitative estimate of drug-likeness (QED) is 0.846. The first kappa shape index (κ1) is 14.2. The average Bonchev–Trinajstić information content (AvgIpc) is 2.39. The van der Waals surface area contributed by atoms with Crippen LogP contribution >= 0.6 is 11.6 Å². The number of carbonyl (C=O) groups is 1. The molecule has 0 aliphatic heterocycles. The molecule has 7 heteroatoms. The van der Waals surface area contributed by atoms with Crippen molar-refractivity contribution in [2.75, 3.05) is 28.4 Å². The van der Waals surface area contributed by atoms with Crippen LogP contribution in [0, 0.1) is 0 Å². The van der Waals surface area contributed by atoms with Crippen LogP contribution < -0.4 is 14.2 Å². The van der Waals surface area contributed by atoms with E-state index >= 15 is 0 Å². The molecule has 0 spiro atoms. The maximum atomic E-state index is 11.6. The first-order chi connectivity index (χ1) is 8.53. The van der Waals surface area contributed by atoms with Gasteiger partial charge in [0.1, 0.15) is 10.6 Å². The fourth-order valence-electron chi connectivity index (χ4n) is 1.50.